The van der Waals surface area contributed by atoms with Gasteiger partial charge in [0.2, 0.25) is 0 Å². The molecule has 10 heavy (non-hydrogen) atoms. The van der Waals surface area contributed by atoms with E-state index in [4.69, 9.17) is 34.8 Å². The second kappa shape index (κ2) is 1.86. The van der Waals surface area contributed by atoms with Crippen LogP contribution in [0.5, 0.6) is 0 Å². The summed E-state index contributed by atoms with van der Waals surface area (Å²) < 4.78 is 36.6. The molecule has 1 fully saturated rings. The number of halogens is 6. The Labute approximate surface area is 69.0 Å². The van der Waals surface area contributed by atoms with Gasteiger partial charge in [0.25, 0.3) is 3.79 Å². The van der Waals surface area contributed by atoms with Crippen molar-refractivity contribution in [1.29, 1.82) is 0 Å². The van der Waals surface area contributed by atoms with Crippen molar-refractivity contribution in [2.75, 3.05) is 0 Å². The van der Waals surface area contributed by atoms with E-state index in [-0.39, 0.29) is 0 Å². The van der Waals surface area contributed by atoms with E-state index in [0.717, 1.165) is 0 Å². The number of hydrogen-bond acceptors (Lipinski definition) is 1. The molecule has 0 radical (unpaired) electrons. The van der Waals surface area contributed by atoms with Crippen LogP contribution in [0.25, 0.3) is 0 Å². The number of alkyl halides is 6. The summed E-state index contributed by atoms with van der Waals surface area (Å²) in [5.74, 6) is -3.45. The van der Waals surface area contributed by atoms with Gasteiger partial charge in [-0.15, -0.1) is 0 Å². The Bertz CT molecular complexity index is 167. The van der Waals surface area contributed by atoms with Crippen LogP contribution in [0.4, 0.5) is 13.2 Å². The first kappa shape index (κ1) is 8.71. The average Bonchev–Trinajstić information content (AvgIpc) is 2.05. The van der Waals surface area contributed by atoms with E-state index < -0.39 is 15.8 Å². The van der Waals surface area contributed by atoms with E-state index >= 15 is 0 Å². The van der Waals surface area contributed by atoms with Crippen LogP contribution in [0.15, 0.2) is 0 Å². The predicted octanol–water partition coefficient (Wildman–Crippen LogP) is 2.65. The standard InChI is InChI=1S/C3Cl3F3O/c4-2(5,6)1(7)3(8,9)10-1. The first-order valence-electron chi connectivity index (χ1n) is 2.04. The van der Waals surface area contributed by atoms with Gasteiger partial charge in [-0.25, -0.2) is 0 Å². The lowest BCUT2D eigenvalue weighted by molar-refractivity contribution is -0.00146. The Morgan fingerprint density at radius 3 is 1.40 bits per heavy atom. The topological polar surface area (TPSA) is 12.5 Å². The molecule has 7 heteroatoms. The smallest absolute Gasteiger partial charge is 0.267 e. The molecule has 0 bridgehead atoms. The molecule has 1 nitrogen and oxygen atoms in total. The van der Waals surface area contributed by atoms with Crippen LogP contribution < -0.4 is 0 Å². The normalized spacial score (nSPS) is 37.8. The van der Waals surface area contributed by atoms with Crippen molar-refractivity contribution in [3.8, 4) is 0 Å². The van der Waals surface area contributed by atoms with Gasteiger partial charge < -0.3 is 0 Å². The highest BCUT2D eigenvalue weighted by Crippen LogP contribution is 2.63. The number of epoxide rings is 1. The molecule has 1 aliphatic heterocycles. The van der Waals surface area contributed by atoms with Gasteiger partial charge in [-0.3, -0.25) is 4.74 Å². The number of rotatable bonds is 0. The van der Waals surface area contributed by atoms with Crippen molar-refractivity contribution in [2.45, 2.75) is 15.8 Å². The van der Waals surface area contributed by atoms with Crippen molar-refractivity contribution in [3.63, 3.8) is 0 Å². The van der Waals surface area contributed by atoms with Crippen molar-refractivity contribution >= 4 is 34.8 Å². The van der Waals surface area contributed by atoms with E-state index in [2.05, 4.69) is 4.74 Å². The summed E-state index contributed by atoms with van der Waals surface area (Å²) in [6.07, 6.45) is -3.97. The monoisotopic (exact) mass is 214 g/mol. The fourth-order valence-corrected chi connectivity index (χ4v) is 0.820. The molecule has 1 heterocycles. The van der Waals surface area contributed by atoms with Gasteiger partial charge in [-0.2, -0.15) is 13.2 Å². The molecule has 0 spiro atoms. The van der Waals surface area contributed by atoms with Crippen LogP contribution in [0.3, 0.4) is 0 Å². The molecular weight excluding hydrogens is 215 g/mol. The van der Waals surface area contributed by atoms with Gasteiger partial charge in [0.15, 0.2) is 0 Å². The number of hydrogen-bond donors (Lipinski definition) is 0. The van der Waals surface area contributed by atoms with Crippen molar-refractivity contribution in [1.82, 2.24) is 0 Å². The molecule has 0 aromatic heterocycles. The predicted molar refractivity (Wildman–Crippen MR) is 30.2 cm³/mol. The summed E-state index contributed by atoms with van der Waals surface area (Å²) in [5.41, 5.74) is 0. The van der Waals surface area contributed by atoms with E-state index in [1.165, 1.54) is 0 Å². The Balaban J connectivity index is 2.78. The first-order chi connectivity index (χ1) is 4.21. The van der Waals surface area contributed by atoms with Crippen LogP contribution >= 0.6 is 34.8 Å². The van der Waals surface area contributed by atoms with Crippen LogP contribution in [0, 0.1) is 0 Å². The third kappa shape index (κ3) is 0.978. The zero-order valence-electron chi connectivity index (χ0n) is 4.18. The lowest BCUT2D eigenvalue weighted by Gasteiger charge is -2.09. The zero-order chi connectivity index (χ0) is 8.21. The Hall–Kier alpha value is 0.620. The third-order valence-electron chi connectivity index (χ3n) is 0.966. The first-order valence-corrected chi connectivity index (χ1v) is 3.18. The highest BCUT2D eigenvalue weighted by Gasteiger charge is 2.85. The molecule has 1 atom stereocenters. The third-order valence-corrected chi connectivity index (χ3v) is 1.70. The average molecular weight is 215 g/mol. The maximum atomic E-state index is 12.4. The van der Waals surface area contributed by atoms with Crippen molar-refractivity contribution in [2.24, 2.45) is 0 Å². The minimum Gasteiger partial charge on any atom is -0.267 e. The van der Waals surface area contributed by atoms with Gasteiger partial charge in [-0.1, -0.05) is 34.8 Å². The highest BCUT2D eigenvalue weighted by atomic mass is 35.6. The molecule has 0 aromatic rings. The minimum atomic E-state index is -3.97. The molecule has 0 aliphatic carbocycles. The summed E-state index contributed by atoms with van der Waals surface area (Å²) in [6.45, 7) is 0. The van der Waals surface area contributed by atoms with Gasteiger partial charge in [0.05, 0.1) is 0 Å². The second-order valence-electron chi connectivity index (χ2n) is 1.71. The summed E-state index contributed by atoms with van der Waals surface area (Å²) in [6, 6.07) is 0. The van der Waals surface area contributed by atoms with Gasteiger partial charge >= 0.3 is 12.0 Å². The highest BCUT2D eigenvalue weighted by molar-refractivity contribution is 6.68. The second-order valence-corrected chi connectivity index (χ2v) is 3.99. The van der Waals surface area contributed by atoms with Crippen molar-refractivity contribution in [3.05, 3.63) is 0 Å². The maximum absolute atomic E-state index is 12.4. The van der Waals surface area contributed by atoms with Gasteiger partial charge in [0.1, 0.15) is 0 Å². The molecule has 0 amide bonds. The summed E-state index contributed by atoms with van der Waals surface area (Å²) >= 11 is 14.4. The van der Waals surface area contributed by atoms with Crippen LogP contribution in [-0.4, -0.2) is 15.8 Å². The van der Waals surface area contributed by atoms with Crippen LogP contribution in [0.2, 0.25) is 0 Å². The Morgan fingerprint density at radius 2 is 1.40 bits per heavy atom. The van der Waals surface area contributed by atoms with Crippen LogP contribution in [0.1, 0.15) is 0 Å². The Kier molecular flexibility index (Phi) is 1.62. The number of ether oxygens (including phenoxy) is 1. The zero-order valence-corrected chi connectivity index (χ0v) is 6.44. The SMILES string of the molecule is FC1(F)OC1(F)C(Cl)(Cl)Cl. The van der Waals surface area contributed by atoms with E-state index in [1.807, 2.05) is 0 Å². The molecule has 0 saturated carbocycles. The van der Waals surface area contributed by atoms with Crippen molar-refractivity contribution < 1.29 is 17.9 Å². The molecule has 1 rings (SSSR count). The fourth-order valence-electron chi connectivity index (χ4n) is 0.374. The van der Waals surface area contributed by atoms with Crippen LogP contribution in [-0.2, 0) is 4.74 Å². The van der Waals surface area contributed by atoms with E-state index in [9.17, 15) is 13.2 Å². The van der Waals surface area contributed by atoms with E-state index in [1.54, 1.807) is 0 Å². The Morgan fingerprint density at radius 1 is 1.10 bits per heavy atom. The maximum Gasteiger partial charge on any atom is 0.422 e. The molecule has 0 aromatic carbocycles. The van der Waals surface area contributed by atoms with Gasteiger partial charge in [-0.05, 0) is 0 Å². The largest absolute Gasteiger partial charge is 0.422 e. The lowest BCUT2D eigenvalue weighted by Crippen LogP contribution is -2.29. The quantitative estimate of drug-likeness (QED) is 0.447. The lowest BCUT2D eigenvalue weighted by atomic mass is 10.4. The fraction of sp³-hybridized carbons (Fsp3) is 1.00. The molecule has 1 aliphatic rings. The molecule has 1 unspecified atom stereocenters. The minimum absolute atomic E-state index is 2.74. The molecular formula is C3Cl3F3O. The summed E-state index contributed by atoms with van der Waals surface area (Å²) in [4.78, 5) is 0. The molecule has 0 N–H and O–H groups in total. The molecule has 1 saturated heterocycles. The summed E-state index contributed by atoms with van der Waals surface area (Å²) in [5, 5.41) is 0. The summed E-state index contributed by atoms with van der Waals surface area (Å²) in [7, 11) is 0. The molecule has 60 valence electrons. The van der Waals surface area contributed by atoms with Gasteiger partial charge in [0, 0.05) is 0 Å². The van der Waals surface area contributed by atoms with E-state index in [0.29, 0.717) is 0 Å².